The second-order valence-electron chi connectivity index (χ2n) is 6.60. The molecule has 1 rings (SSSR count). The Morgan fingerprint density at radius 2 is 1.72 bits per heavy atom. The van der Waals surface area contributed by atoms with Gasteiger partial charge < -0.3 is 14.2 Å². The SMILES string of the molecule is COCO[C@H](COC(=O)C(C)(C)C)COS(=O)(=O)c1ccc(C)cc1. The highest BCUT2D eigenvalue weighted by molar-refractivity contribution is 7.86. The Balaban J connectivity index is 2.68. The van der Waals surface area contributed by atoms with Gasteiger partial charge in [-0.3, -0.25) is 8.98 Å². The molecule has 0 fully saturated rings. The number of benzene rings is 1. The fraction of sp³-hybridized carbons (Fsp3) is 0.588. The van der Waals surface area contributed by atoms with Gasteiger partial charge in [0.25, 0.3) is 10.1 Å². The average molecular weight is 374 g/mol. The van der Waals surface area contributed by atoms with Crippen molar-refractivity contribution in [2.24, 2.45) is 5.41 Å². The van der Waals surface area contributed by atoms with Gasteiger partial charge in [0.1, 0.15) is 19.5 Å². The lowest BCUT2D eigenvalue weighted by Crippen LogP contribution is -2.32. The van der Waals surface area contributed by atoms with Crippen LogP contribution in [0.4, 0.5) is 0 Å². The van der Waals surface area contributed by atoms with Crippen LogP contribution in [0.15, 0.2) is 29.2 Å². The van der Waals surface area contributed by atoms with E-state index in [2.05, 4.69) is 0 Å². The zero-order valence-corrected chi connectivity index (χ0v) is 16.1. The summed E-state index contributed by atoms with van der Waals surface area (Å²) in [5.41, 5.74) is 0.273. The minimum Gasteiger partial charge on any atom is -0.462 e. The minimum atomic E-state index is -3.93. The van der Waals surface area contributed by atoms with E-state index < -0.39 is 27.6 Å². The molecular formula is C17H26O7S. The van der Waals surface area contributed by atoms with E-state index in [4.69, 9.17) is 18.4 Å². The summed E-state index contributed by atoms with van der Waals surface area (Å²) < 4.78 is 44.7. The van der Waals surface area contributed by atoms with E-state index in [1.54, 1.807) is 32.9 Å². The van der Waals surface area contributed by atoms with E-state index in [9.17, 15) is 13.2 Å². The molecule has 1 aromatic rings. The van der Waals surface area contributed by atoms with Crippen LogP contribution in [-0.2, 0) is 33.3 Å². The third kappa shape index (κ3) is 7.52. The first-order valence-corrected chi connectivity index (χ1v) is 9.21. The van der Waals surface area contributed by atoms with Crippen molar-refractivity contribution in [1.82, 2.24) is 0 Å². The number of aryl methyl sites for hydroxylation is 1. The van der Waals surface area contributed by atoms with Gasteiger partial charge in [0.2, 0.25) is 0 Å². The van der Waals surface area contributed by atoms with Gasteiger partial charge in [-0.05, 0) is 39.8 Å². The van der Waals surface area contributed by atoms with Crippen molar-refractivity contribution in [2.75, 3.05) is 27.1 Å². The highest BCUT2D eigenvalue weighted by Crippen LogP contribution is 2.17. The van der Waals surface area contributed by atoms with Crippen LogP contribution < -0.4 is 0 Å². The summed E-state index contributed by atoms with van der Waals surface area (Å²) in [5.74, 6) is -0.417. The van der Waals surface area contributed by atoms with Gasteiger partial charge in [-0.2, -0.15) is 8.42 Å². The van der Waals surface area contributed by atoms with Gasteiger partial charge in [-0.25, -0.2) is 0 Å². The number of carbonyl (C=O) groups excluding carboxylic acids is 1. The lowest BCUT2D eigenvalue weighted by molar-refractivity contribution is -0.162. The summed E-state index contributed by atoms with van der Waals surface area (Å²) in [6, 6.07) is 6.30. The van der Waals surface area contributed by atoms with Crippen LogP contribution in [-0.4, -0.2) is 47.6 Å². The zero-order valence-electron chi connectivity index (χ0n) is 15.3. The maximum absolute atomic E-state index is 12.2. The molecule has 0 amide bonds. The maximum Gasteiger partial charge on any atom is 0.311 e. The first-order valence-electron chi connectivity index (χ1n) is 7.80. The van der Waals surface area contributed by atoms with Crippen molar-refractivity contribution in [2.45, 2.75) is 38.7 Å². The molecule has 0 aliphatic rings. The van der Waals surface area contributed by atoms with Crippen molar-refractivity contribution in [3.63, 3.8) is 0 Å². The quantitative estimate of drug-likeness (QED) is 0.372. The van der Waals surface area contributed by atoms with Crippen molar-refractivity contribution < 1.29 is 31.6 Å². The molecule has 0 spiro atoms. The molecule has 142 valence electrons. The van der Waals surface area contributed by atoms with Crippen LogP contribution in [0.1, 0.15) is 26.3 Å². The lowest BCUT2D eigenvalue weighted by atomic mass is 9.97. The van der Waals surface area contributed by atoms with Gasteiger partial charge in [0, 0.05) is 7.11 Å². The lowest BCUT2D eigenvalue weighted by Gasteiger charge is -2.21. The number of esters is 1. The number of methoxy groups -OCH3 is 1. The van der Waals surface area contributed by atoms with Gasteiger partial charge in [-0.1, -0.05) is 17.7 Å². The maximum atomic E-state index is 12.2. The normalized spacial score (nSPS) is 13.5. The molecule has 25 heavy (non-hydrogen) atoms. The van der Waals surface area contributed by atoms with Crippen molar-refractivity contribution in [1.29, 1.82) is 0 Å². The smallest absolute Gasteiger partial charge is 0.311 e. The van der Waals surface area contributed by atoms with Gasteiger partial charge in [0.15, 0.2) is 0 Å². The number of carbonyl (C=O) groups is 1. The third-order valence-corrected chi connectivity index (χ3v) is 4.45. The summed E-state index contributed by atoms with van der Waals surface area (Å²) in [4.78, 5) is 11.9. The zero-order chi connectivity index (χ0) is 19.1. The highest BCUT2D eigenvalue weighted by atomic mass is 32.2. The van der Waals surface area contributed by atoms with Crippen LogP contribution in [0.3, 0.4) is 0 Å². The summed E-state index contributed by atoms with van der Waals surface area (Å²) in [7, 11) is -2.49. The molecule has 0 N–H and O–H groups in total. The molecule has 0 bridgehead atoms. The highest BCUT2D eigenvalue weighted by Gasteiger charge is 2.25. The Morgan fingerprint density at radius 3 is 2.24 bits per heavy atom. The van der Waals surface area contributed by atoms with Crippen molar-refractivity contribution >= 4 is 16.1 Å². The van der Waals surface area contributed by atoms with Crippen molar-refractivity contribution in [3.8, 4) is 0 Å². The van der Waals surface area contributed by atoms with Gasteiger partial charge in [-0.15, -0.1) is 0 Å². The first kappa shape index (κ1) is 21.6. The van der Waals surface area contributed by atoms with Gasteiger partial charge >= 0.3 is 5.97 Å². The first-order chi connectivity index (χ1) is 11.6. The Labute approximate surface area is 149 Å². The second-order valence-corrected chi connectivity index (χ2v) is 8.21. The standard InChI is InChI=1S/C17H26O7S/c1-13-6-8-15(9-7-13)25(19,20)24-11-14(23-12-21-5)10-22-16(18)17(2,3)4/h6-9,14H,10-12H2,1-5H3/t14-/m1/s1. The van der Waals surface area contributed by atoms with Crippen LogP contribution in [0, 0.1) is 12.3 Å². The van der Waals surface area contributed by atoms with E-state index in [0.29, 0.717) is 0 Å². The Morgan fingerprint density at radius 1 is 1.12 bits per heavy atom. The summed E-state index contributed by atoms with van der Waals surface area (Å²) in [5, 5.41) is 0. The van der Waals surface area contributed by atoms with E-state index in [1.807, 2.05) is 6.92 Å². The monoisotopic (exact) mass is 374 g/mol. The topological polar surface area (TPSA) is 88.1 Å². The molecule has 0 aromatic heterocycles. The molecule has 0 radical (unpaired) electrons. The van der Waals surface area contributed by atoms with E-state index in [0.717, 1.165) is 5.56 Å². The summed E-state index contributed by atoms with van der Waals surface area (Å²) in [6.07, 6.45) is -0.772. The van der Waals surface area contributed by atoms with E-state index in [1.165, 1.54) is 19.2 Å². The Bertz CT molecular complexity index is 645. The molecule has 0 unspecified atom stereocenters. The second kappa shape index (κ2) is 9.28. The van der Waals surface area contributed by atoms with E-state index >= 15 is 0 Å². The predicted octanol–water partition coefficient (Wildman–Crippen LogP) is 2.28. The summed E-state index contributed by atoms with van der Waals surface area (Å²) >= 11 is 0. The molecule has 1 aromatic carbocycles. The molecule has 8 heteroatoms. The number of ether oxygens (including phenoxy) is 3. The fourth-order valence-electron chi connectivity index (χ4n) is 1.63. The molecule has 7 nitrogen and oxygen atoms in total. The molecule has 0 saturated heterocycles. The Hall–Kier alpha value is -1.48. The van der Waals surface area contributed by atoms with Crippen LogP contribution >= 0.6 is 0 Å². The van der Waals surface area contributed by atoms with Crippen LogP contribution in [0.2, 0.25) is 0 Å². The van der Waals surface area contributed by atoms with Crippen LogP contribution in [0.25, 0.3) is 0 Å². The predicted molar refractivity (Wildman–Crippen MR) is 91.5 cm³/mol. The molecule has 0 aliphatic carbocycles. The number of rotatable bonds is 9. The van der Waals surface area contributed by atoms with E-state index in [-0.39, 0.29) is 24.9 Å². The molecule has 0 heterocycles. The van der Waals surface area contributed by atoms with Crippen molar-refractivity contribution in [3.05, 3.63) is 29.8 Å². The summed E-state index contributed by atoms with van der Waals surface area (Å²) in [6.45, 7) is 6.51. The average Bonchev–Trinajstić information content (AvgIpc) is 2.53. The third-order valence-electron chi connectivity index (χ3n) is 3.15. The molecular weight excluding hydrogens is 348 g/mol. The molecule has 1 atom stereocenters. The minimum absolute atomic E-state index is 0.0512. The number of hydrogen-bond donors (Lipinski definition) is 0. The Kier molecular flexibility index (Phi) is 8.01. The van der Waals surface area contributed by atoms with Gasteiger partial charge in [0.05, 0.1) is 16.9 Å². The molecule has 0 aliphatic heterocycles. The molecule has 0 saturated carbocycles. The number of hydrogen-bond acceptors (Lipinski definition) is 7. The largest absolute Gasteiger partial charge is 0.462 e. The fourth-order valence-corrected chi connectivity index (χ4v) is 2.57. The van der Waals surface area contributed by atoms with Crippen LogP contribution in [0.5, 0.6) is 0 Å².